The molecule has 184 valence electrons. The molecule has 1 saturated heterocycles. The van der Waals surface area contributed by atoms with E-state index in [4.69, 9.17) is 4.74 Å². The second-order valence-electron chi connectivity index (χ2n) is 9.24. The molecular formula is C26H33F2N3O3. The molecule has 0 aromatic heterocycles. The van der Waals surface area contributed by atoms with E-state index in [0.717, 1.165) is 23.7 Å². The van der Waals surface area contributed by atoms with Crippen LogP contribution in [0.15, 0.2) is 48.5 Å². The summed E-state index contributed by atoms with van der Waals surface area (Å²) in [7, 11) is 1.33. The van der Waals surface area contributed by atoms with Gasteiger partial charge in [0.05, 0.1) is 25.8 Å². The number of ether oxygens (including phenoxy) is 1. The number of anilines is 1. The Labute approximate surface area is 200 Å². The lowest BCUT2D eigenvalue weighted by molar-refractivity contribution is -0.0533. The molecular weight excluding hydrogens is 440 g/mol. The molecule has 2 aromatic carbocycles. The number of carbonyl (C=O) groups excluding carboxylic acids is 2. The van der Waals surface area contributed by atoms with E-state index in [0.29, 0.717) is 25.2 Å². The molecule has 2 atom stereocenters. The Hall–Kier alpha value is -3.00. The van der Waals surface area contributed by atoms with E-state index in [1.54, 1.807) is 39.0 Å². The fourth-order valence-electron chi connectivity index (χ4n) is 4.43. The van der Waals surface area contributed by atoms with Gasteiger partial charge in [-0.25, -0.2) is 18.4 Å². The number of alkyl halides is 2. The second-order valence-corrected chi connectivity index (χ2v) is 9.24. The first-order chi connectivity index (χ1) is 16.0. The fraction of sp³-hybridized carbons (Fsp3) is 0.462. The molecule has 2 amide bonds. The molecule has 6 nitrogen and oxygen atoms in total. The first kappa shape index (κ1) is 25.6. The third-order valence-corrected chi connectivity index (χ3v) is 6.09. The fourth-order valence-corrected chi connectivity index (χ4v) is 4.43. The lowest BCUT2D eigenvalue weighted by Gasteiger charge is -2.46. The molecule has 0 aliphatic carbocycles. The van der Waals surface area contributed by atoms with Crippen molar-refractivity contribution >= 4 is 17.7 Å². The van der Waals surface area contributed by atoms with Gasteiger partial charge in [-0.15, -0.1) is 0 Å². The van der Waals surface area contributed by atoms with Crippen LogP contribution >= 0.6 is 0 Å². The SMILES string of the molecule is COC(=O)c1ccc(CN(C(=O)N2C[C@@H](C)N(CC(C)(F)F)[C@@H](C)C2)c2cccc(C)c2)cc1. The Morgan fingerprint density at radius 2 is 1.71 bits per heavy atom. The summed E-state index contributed by atoms with van der Waals surface area (Å²) in [6, 6.07) is 14.1. The van der Waals surface area contributed by atoms with Gasteiger partial charge in [-0.05, 0) is 56.2 Å². The summed E-state index contributed by atoms with van der Waals surface area (Å²) < 4.78 is 32.1. The number of esters is 1. The van der Waals surface area contributed by atoms with Crippen molar-refractivity contribution in [3.8, 4) is 0 Å². The van der Waals surface area contributed by atoms with Gasteiger partial charge in [-0.3, -0.25) is 9.80 Å². The van der Waals surface area contributed by atoms with E-state index in [-0.39, 0.29) is 24.7 Å². The van der Waals surface area contributed by atoms with Crippen molar-refractivity contribution in [2.45, 2.75) is 52.2 Å². The lowest BCUT2D eigenvalue weighted by Crippen LogP contribution is -2.61. The number of halogens is 2. The molecule has 1 aliphatic rings. The molecule has 34 heavy (non-hydrogen) atoms. The molecule has 1 heterocycles. The van der Waals surface area contributed by atoms with Gasteiger partial charge >= 0.3 is 12.0 Å². The normalized spacial score (nSPS) is 19.1. The molecule has 3 rings (SSSR count). The number of hydrogen-bond donors (Lipinski definition) is 0. The number of rotatable bonds is 6. The maximum Gasteiger partial charge on any atom is 0.337 e. The Kier molecular flexibility index (Phi) is 7.92. The third kappa shape index (κ3) is 6.32. The number of piperazine rings is 1. The van der Waals surface area contributed by atoms with Crippen molar-refractivity contribution < 1.29 is 23.1 Å². The molecule has 0 spiro atoms. The highest BCUT2D eigenvalue weighted by Gasteiger charge is 2.38. The molecule has 0 radical (unpaired) electrons. The quantitative estimate of drug-likeness (QED) is 0.557. The molecule has 0 unspecified atom stereocenters. The molecule has 0 N–H and O–H groups in total. The second kappa shape index (κ2) is 10.5. The van der Waals surface area contributed by atoms with Crippen LogP contribution in [0.3, 0.4) is 0 Å². The number of carbonyl (C=O) groups is 2. The van der Waals surface area contributed by atoms with Crippen molar-refractivity contribution in [1.82, 2.24) is 9.80 Å². The third-order valence-electron chi connectivity index (χ3n) is 6.09. The van der Waals surface area contributed by atoms with Crippen LogP contribution in [0.25, 0.3) is 0 Å². The van der Waals surface area contributed by atoms with Crippen LogP contribution in [0, 0.1) is 6.92 Å². The molecule has 1 fully saturated rings. The number of benzene rings is 2. The van der Waals surface area contributed by atoms with Crippen LogP contribution in [-0.2, 0) is 11.3 Å². The number of hydrogen-bond acceptors (Lipinski definition) is 4. The zero-order valence-electron chi connectivity index (χ0n) is 20.4. The monoisotopic (exact) mass is 473 g/mol. The highest BCUT2D eigenvalue weighted by molar-refractivity contribution is 5.92. The van der Waals surface area contributed by atoms with Crippen molar-refractivity contribution in [3.63, 3.8) is 0 Å². The average Bonchev–Trinajstić information content (AvgIpc) is 2.78. The zero-order chi connectivity index (χ0) is 25.0. The molecule has 8 heteroatoms. The van der Waals surface area contributed by atoms with Gasteiger partial charge < -0.3 is 9.64 Å². The smallest absolute Gasteiger partial charge is 0.337 e. The largest absolute Gasteiger partial charge is 0.465 e. The summed E-state index contributed by atoms with van der Waals surface area (Å²) in [5.41, 5.74) is 3.07. The van der Waals surface area contributed by atoms with Gasteiger partial charge in [-0.1, -0.05) is 24.3 Å². The topological polar surface area (TPSA) is 53.1 Å². The summed E-state index contributed by atoms with van der Waals surface area (Å²) in [5, 5.41) is 0. The number of nitrogens with zero attached hydrogens (tertiary/aromatic N) is 3. The van der Waals surface area contributed by atoms with Crippen LogP contribution in [0.2, 0.25) is 0 Å². The summed E-state index contributed by atoms with van der Waals surface area (Å²) in [5.74, 6) is -3.21. The maximum atomic E-state index is 13.7. The zero-order valence-corrected chi connectivity index (χ0v) is 20.4. The molecule has 0 bridgehead atoms. The predicted octanol–water partition coefficient (Wildman–Crippen LogP) is 4.96. The van der Waals surface area contributed by atoms with E-state index in [1.165, 1.54) is 7.11 Å². The molecule has 1 aliphatic heterocycles. The average molecular weight is 474 g/mol. The number of aryl methyl sites for hydroxylation is 1. The van der Waals surface area contributed by atoms with E-state index in [2.05, 4.69) is 0 Å². The van der Waals surface area contributed by atoms with E-state index < -0.39 is 11.9 Å². The van der Waals surface area contributed by atoms with Crippen LogP contribution in [0.5, 0.6) is 0 Å². The van der Waals surface area contributed by atoms with E-state index >= 15 is 0 Å². The summed E-state index contributed by atoms with van der Waals surface area (Å²) in [4.78, 5) is 30.7. The van der Waals surface area contributed by atoms with Gasteiger partial charge in [0.1, 0.15) is 0 Å². The van der Waals surface area contributed by atoms with Crippen molar-refractivity contribution in [1.29, 1.82) is 0 Å². The first-order valence-corrected chi connectivity index (χ1v) is 11.4. The van der Waals surface area contributed by atoms with Crippen molar-refractivity contribution in [3.05, 3.63) is 65.2 Å². The minimum atomic E-state index is -2.79. The van der Waals surface area contributed by atoms with Gasteiger partial charge in [-0.2, -0.15) is 0 Å². The molecule has 0 saturated carbocycles. The van der Waals surface area contributed by atoms with Crippen LogP contribution in [-0.4, -0.2) is 66.6 Å². The lowest BCUT2D eigenvalue weighted by atomic mass is 10.1. The predicted molar refractivity (Wildman–Crippen MR) is 128 cm³/mol. The van der Waals surface area contributed by atoms with Gasteiger partial charge in [0.2, 0.25) is 0 Å². The van der Waals surface area contributed by atoms with Gasteiger partial charge in [0, 0.05) is 37.8 Å². The first-order valence-electron chi connectivity index (χ1n) is 11.4. The molecule has 2 aromatic rings. The Morgan fingerprint density at radius 1 is 1.09 bits per heavy atom. The van der Waals surface area contributed by atoms with Gasteiger partial charge in [0.25, 0.3) is 5.92 Å². The Balaban J connectivity index is 1.84. The van der Waals surface area contributed by atoms with Crippen molar-refractivity contribution in [2.24, 2.45) is 0 Å². The Morgan fingerprint density at radius 3 is 2.24 bits per heavy atom. The standard InChI is InChI=1S/C26H33F2N3O3/c1-18-7-6-8-23(13-18)30(16-21-9-11-22(12-10-21)24(32)34-5)25(33)29-14-19(2)31(20(3)15-29)17-26(4,27)28/h6-13,19-20H,14-17H2,1-5H3/t19-,20+. The minimum absolute atomic E-state index is 0.177. The van der Waals surface area contributed by atoms with Crippen LogP contribution in [0.1, 0.15) is 42.3 Å². The summed E-state index contributed by atoms with van der Waals surface area (Å²) in [6.07, 6.45) is 0. The van der Waals surface area contributed by atoms with Crippen LogP contribution < -0.4 is 4.90 Å². The summed E-state index contributed by atoms with van der Waals surface area (Å²) >= 11 is 0. The number of methoxy groups -OCH3 is 1. The minimum Gasteiger partial charge on any atom is -0.465 e. The summed E-state index contributed by atoms with van der Waals surface area (Å²) in [6.45, 7) is 7.35. The van der Waals surface area contributed by atoms with Crippen molar-refractivity contribution in [2.75, 3.05) is 31.6 Å². The highest BCUT2D eigenvalue weighted by atomic mass is 19.3. The maximum absolute atomic E-state index is 13.7. The van der Waals surface area contributed by atoms with E-state index in [9.17, 15) is 18.4 Å². The Bertz CT molecular complexity index is 995. The highest BCUT2D eigenvalue weighted by Crippen LogP contribution is 2.26. The van der Waals surface area contributed by atoms with Crippen LogP contribution in [0.4, 0.5) is 19.3 Å². The van der Waals surface area contributed by atoms with E-state index in [1.807, 2.05) is 45.0 Å². The van der Waals surface area contributed by atoms with Gasteiger partial charge in [0.15, 0.2) is 0 Å². The number of amides is 2. The number of urea groups is 1.